The minimum atomic E-state index is -1.18. The van der Waals surface area contributed by atoms with Gasteiger partial charge in [0.2, 0.25) is 17.7 Å². The number of hydrogen-bond donors (Lipinski definition) is 3. The summed E-state index contributed by atoms with van der Waals surface area (Å²) in [4.78, 5) is 43.9. The average molecular weight is 564 g/mol. The Kier molecular flexibility index (Phi) is 7.63. The standard InChI is InChI=1S/C32H41N3O6/c1-7-40-22-12-10-21(11-13-22)33-28(37)25-26-30(39)35(24(17-36)18(2)3)27(32(26)15-14-31(25,6)41-32)29(38)34-23-16-19(4)8-9-20(23)5/h8-13,16,18,24-27,36H,7,14-15,17H2,1-6H3,(H,33,37)(H,34,38)/t24-,25-,26-,27?,31+,32?/m0/s1. The molecular formula is C32H41N3O6. The summed E-state index contributed by atoms with van der Waals surface area (Å²) in [6, 6.07) is 11.3. The molecule has 0 aromatic heterocycles. The van der Waals surface area contributed by atoms with Crippen LogP contribution in [0.25, 0.3) is 0 Å². The Balaban J connectivity index is 1.52. The maximum absolute atomic E-state index is 14.3. The van der Waals surface area contributed by atoms with E-state index in [2.05, 4.69) is 10.6 Å². The lowest BCUT2D eigenvalue weighted by Gasteiger charge is -2.38. The molecular weight excluding hydrogens is 522 g/mol. The number of anilines is 2. The summed E-state index contributed by atoms with van der Waals surface area (Å²) in [5.74, 6) is -2.10. The van der Waals surface area contributed by atoms with Gasteiger partial charge in [0.15, 0.2) is 0 Å². The van der Waals surface area contributed by atoms with Gasteiger partial charge in [-0.1, -0.05) is 26.0 Å². The number of ether oxygens (including phenoxy) is 2. The molecule has 0 aliphatic carbocycles. The number of aliphatic hydroxyl groups is 1. The van der Waals surface area contributed by atoms with E-state index in [1.54, 1.807) is 24.3 Å². The van der Waals surface area contributed by atoms with Gasteiger partial charge < -0.3 is 30.1 Å². The first kappa shape index (κ1) is 29.1. The molecule has 41 heavy (non-hydrogen) atoms. The van der Waals surface area contributed by atoms with Crippen LogP contribution < -0.4 is 15.4 Å². The van der Waals surface area contributed by atoms with Crippen molar-refractivity contribution in [2.75, 3.05) is 23.8 Å². The largest absolute Gasteiger partial charge is 0.494 e. The Bertz CT molecular complexity index is 1340. The molecule has 0 saturated carbocycles. The molecule has 3 saturated heterocycles. The number of benzene rings is 2. The van der Waals surface area contributed by atoms with Crippen LogP contribution in [0.15, 0.2) is 42.5 Å². The van der Waals surface area contributed by atoms with Gasteiger partial charge in [0.25, 0.3) is 0 Å². The third-order valence-electron chi connectivity index (χ3n) is 9.14. The maximum Gasteiger partial charge on any atom is 0.250 e. The lowest BCUT2D eigenvalue weighted by Crippen LogP contribution is -2.57. The molecule has 9 heteroatoms. The highest BCUT2D eigenvalue weighted by atomic mass is 16.5. The summed E-state index contributed by atoms with van der Waals surface area (Å²) < 4.78 is 12.2. The second kappa shape index (κ2) is 10.8. The van der Waals surface area contributed by atoms with Gasteiger partial charge in [-0.25, -0.2) is 0 Å². The smallest absolute Gasteiger partial charge is 0.250 e. The molecule has 3 heterocycles. The van der Waals surface area contributed by atoms with Crippen molar-refractivity contribution in [2.45, 2.75) is 77.7 Å². The third kappa shape index (κ3) is 4.78. The number of carbonyl (C=O) groups excluding carboxylic acids is 3. The lowest BCUT2D eigenvalue weighted by atomic mass is 9.66. The number of aryl methyl sites for hydroxylation is 2. The summed E-state index contributed by atoms with van der Waals surface area (Å²) in [6.45, 7) is 11.7. The zero-order valence-electron chi connectivity index (χ0n) is 24.7. The van der Waals surface area contributed by atoms with Crippen LogP contribution >= 0.6 is 0 Å². The number of fused-ring (bicyclic) bond motifs is 1. The zero-order valence-corrected chi connectivity index (χ0v) is 24.7. The molecule has 5 rings (SSSR count). The first-order chi connectivity index (χ1) is 19.5. The van der Waals surface area contributed by atoms with Gasteiger partial charge in [-0.05, 0) is 87.9 Å². The molecule has 6 atom stereocenters. The van der Waals surface area contributed by atoms with Gasteiger partial charge >= 0.3 is 0 Å². The van der Waals surface area contributed by atoms with E-state index in [1.807, 2.05) is 59.7 Å². The van der Waals surface area contributed by atoms with Crippen molar-refractivity contribution in [3.8, 4) is 5.75 Å². The van der Waals surface area contributed by atoms with Crippen molar-refractivity contribution in [3.63, 3.8) is 0 Å². The van der Waals surface area contributed by atoms with Crippen molar-refractivity contribution in [3.05, 3.63) is 53.6 Å². The van der Waals surface area contributed by atoms with Gasteiger partial charge in [0, 0.05) is 11.4 Å². The number of hydrogen-bond acceptors (Lipinski definition) is 6. The van der Waals surface area contributed by atoms with Gasteiger partial charge in [-0.15, -0.1) is 0 Å². The first-order valence-electron chi connectivity index (χ1n) is 14.5. The van der Waals surface area contributed by atoms with Gasteiger partial charge in [-0.2, -0.15) is 0 Å². The van der Waals surface area contributed by atoms with E-state index in [4.69, 9.17) is 9.47 Å². The Labute approximate surface area is 241 Å². The topological polar surface area (TPSA) is 117 Å². The van der Waals surface area contributed by atoms with Crippen LogP contribution in [-0.2, 0) is 19.1 Å². The third-order valence-corrected chi connectivity index (χ3v) is 9.14. The van der Waals surface area contributed by atoms with E-state index in [1.165, 1.54) is 4.90 Å². The molecule has 1 spiro atoms. The van der Waals surface area contributed by atoms with Crippen molar-refractivity contribution in [1.29, 1.82) is 0 Å². The molecule has 3 aliphatic rings. The van der Waals surface area contributed by atoms with Crippen LogP contribution in [0.4, 0.5) is 11.4 Å². The molecule has 0 radical (unpaired) electrons. The Morgan fingerprint density at radius 3 is 2.44 bits per heavy atom. The predicted molar refractivity (Wildman–Crippen MR) is 156 cm³/mol. The number of aliphatic hydroxyl groups excluding tert-OH is 1. The van der Waals surface area contributed by atoms with Gasteiger partial charge in [0.1, 0.15) is 17.4 Å². The number of nitrogens with one attached hydrogen (secondary N) is 2. The second-order valence-corrected chi connectivity index (χ2v) is 12.2. The summed E-state index contributed by atoms with van der Waals surface area (Å²) in [5.41, 5.74) is 1.04. The fourth-order valence-electron chi connectivity index (χ4n) is 7.13. The lowest BCUT2D eigenvalue weighted by molar-refractivity contribution is -0.148. The SMILES string of the molecule is CCOc1ccc(NC(=O)[C@@H]2[C@H]3C(=O)N([C@@H](CO)C(C)C)C(C(=O)Nc4cc(C)ccc4C)C34CC[C@@]2(C)O4)cc1. The van der Waals surface area contributed by atoms with E-state index < -0.39 is 35.1 Å². The number of amides is 3. The van der Waals surface area contributed by atoms with Crippen LogP contribution in [0.2, 0.25) is 0 Å². The monoisotopic (exact) mass is 563 g/mol. The minimum absolute atomic E-state index is 0.126. The molecule has 2 aromatic carbocycles. The van der Waals surface area contributed by atoms with Crippen LogP contribution in [0.5, 0.6) is 5.75 Å². The first-order valence-corrected chi connectivity index (χ1v) is 14.5. The molecule has 2 bridgehead atoms. The van der Waals surface area contributed by atoms with Gasteiger partial charge in [-0.3, -0.25) is 14.4 Å². The molecule has 3 amide bonds. The van der Waals surface area contributed by atoms with Crippen LogP contribution in [0, 0.1) is 31.6 Å². The van der Waals surface area contributed by atoms with Crippen molar-refractivity contribution < 1.29 is 29.0 Å². The van der Waals surface area contributed by atoms with Crippen LogP contribution in [-0.4, -0.2) is 64.2 Å². The molecule has 2 aromatic rings. The molecule has 3 aliphatic heterocycles. The van der Waals surface area contributed by atoms with Crippen molar-refractivity contribution in [2.24, 2.45) is 17.8 Å². The van der Waals surface area contributed by atoms with E-state index in [9.17, 15) is 19.5 Å². The fraction of sp³-hybridized carbons (Fsp3) is 0.531. The van der Waals surface area contributed by atoms with Crippen LogP contribution in [0.3, 0.4) is 0 Å². The molecule has 9 nitrogen and oxygen atoms in total. The average Bonchev–Trinajstić information content (AvgIpc) is 3.49. The number of rotatable bonds is 9. The summed E-state index contributed by atoms with van der Waals surface area (Å²) in [7, 11) is 0. The zero-order chi connectivity index (χ0) is 29.7. The minimum Gasteiger partial charge on any atom is -0.494 e. The van der Waals surface area contributed by atoms with Gasteiger partial charge in [0.05, 0.1) is 36.7 Å². The Morgan fingerprint density at radius 1 is 1.10 bits per heavy atom. The highest BCUT2D eigenvalue weighted by Crippen LogP contribution is 2.63. The highest BCUT2D eigenvalue weighted by molar-refractivity contribution is 6.05. The summed E-state index contributed by atoms with van der Waals surface area (Å²) in [6.07, 6.45) is 0.995. The van der Waals surface area contributed by atoms with E-state index in [0.29, 0.717) is 36.6 Å². The Hall–Kier alpha value is -3.43. The predicted octanol–water partition coefficient (Wildman–Crippen LogP) is 4.06. The molecule has 220 valence electrons. The Morgan fingerprint density at radius 2 is 1.80 bits per heavy atom. The molecule has 3 N–H and O–H groups in total. The highest BCUT2D eigenvalue weighted by Gasteiger charge is 2.78. The number of nitrogens with zero attached hydrogens (tertiary/aromatic N) is 1. The van der Waals surface area contributed by atoms with Crippen molar-refractivity contribution >= 4 is 29.1 Å². The quantitative estimate of drug-likeness (QED) is 0.424. The maximum atomic E-state index is 14.3. The normalized spacial score (nSPS) is 29.0. The fourth-order valence-corrected chi connectivity index (χ4v) is 7.13. The molecule has 2 unspecified atom stereocenters. The van der Waals surface area contributed by atoms with E-state index >= 15 is 0 Å². The van der Waals surface area contributed by atoms with Crippen LogP contribution in [0.1, 0.15) is 51.7 Å². The summed E-state index contributed by atoms with van der Waals surface area (Å²) >= 11 is 0. The number of carbonyl (C=O) groups is 3. The molecule has 3 fully saturated rings. The number of likely N-dealkylation sites (tertiary alicyclic amines) is 1. The van der Waals surface area contributed by atoms with Crippen molar-refractivity contribution in [1.82, 2.24) is 4.90 Å². The van der Waals surface area contributed by atoms with E-state index in [-0.39, 0.29) is 30.2 Å². The second-order valence-electron chi connectivity index (χ2n) is 12.2. The van der Waals surface area contributed by atoms with E-state index in [0.717, 1.165) is 11.1 Å². The summed E-state index contributed by atoms with van der Waals surface area (Å²) in [5, 5.41) is 16.4.